The number of nitrogens with zero attached hydrogens (tertiary/aromatic N) is 1. The van der Waals surface area contributed by atoms with E-state index >= 15 is 0 Å². The van der Waals surface area contributed by atoms with Crippen LogP contribution in [0.5, 0.6) is 11.5 Å². The predicted molar refractivity (Wildman–Crippen MR) is 108 cm³/mol. The number of rotatable bonds is 6. The predicted octanol–water partition coefficient (Wildman–Crippen LogP) is 4.65. The SMILES string of the molecule is Cc1ccc(CN(Cc2ccc3c(c2)OCO3)C(=O)[C@H]2C[C@H]2c2ccccc2)o1. The molecule has 0 radical (unpaired) electrons. The van der Waals surface area contributed by atoms with Gasteiger partial charge in [-0.25, -0.2) is 0 Å². The van der Waals surface area contributed by atoms with Gasteiger partial charge in [0.25, 0.3) is 0 Å². The summed E-state index contributed by atoms with van der Waals surface area (Å²) in [7, 11) is 0. The Bertz CT molecular complexity index is 1030. The van der Waals surface area contributed by atoms with Crippen molar-refractivity contribution in [1.82, 2.24) is 4.90 Å². The highest BCUT2D eigenvalue weighted by Gasteiger charge is 2.45. The summed E-state index contributed by atoms with van der Waals surface area (Å²) in [6.45, 7) is 3.13. The van der Waals surface area contributed by atoms with Crippen LogP contribution in [0.3, 0.4) is 0 Å². The minimum absolute atomic E-state index is 0.0301. The van der Waals surface area contributed by atoms with Crippen molar-refractivity contribution in [3.63, 3.8) is 0 Å². The third-order valence-corrected chi connectivity index (χ3v) is 5.60. The second-order valence-corrected chi connectivity index (χ2v) is 7.75. The zero-order valence-corrected chi connectivity index (χ0v) is 16.3. The van der Waals surface area contributed by atoms with E-state index in [-0.39, 0.29) is 18.6 Å². The topological polar surface area (TPSA) is 51.9 Å². The van der Waals surface area contributed by atoms with Gasteiger partial charge in [0.2, 0.25) is 12.7 Å². The molecule has 0 N–H and O–H groups in total. The molecule has 1 aromatic heterocycles. The van der Waals surface area contributed by atoms with Gasteiger partial charge in [-0.2, -0.15) is 0 Å². The van der Waals surface area contributed by atoms with Crippen molar-refractivity contribution in [3.05, 3.63) is 83.3 Å². The van der Waals surface area contributed by atoms with Crippen molar-refractivity contribution < 1.29 is 18.7 Å². The maximum Gasteiger partial charge on any atom is 0.231 e. The minimum atomic E-state index is 0.0301. The van der Waals surface area contributed by atoms with E-state index in [1.165, 1.54) is 5.56 Å². The standard InChI is InChI=1S/C24H23NO4/c1-16-7-9-19(29-16)14-25(13-17-8-10-22-23(11-17)28-15-27-22)24(26)21-12-20(21)18-5-3-2-4-6-18/h2-11,20-21H,12-15H2,1H3/t20-,21-/m0/s1. The minimum Gasteiger partial charge on any atom is -0.464 e. The first-order valence-electron chi connectivity index (χ1n) is 9.95. The Hall–Kier alpha value is -3.21. The van der Waals surface area contributed by atoms with Crippen LogP contribution in [0.2, 0.25) is 0 Å². The van der Waals surface area contributed by atoms with Crippen molar-refractivity contribution in [2.24, 2.45) is 5.92 Å². The van der Waals surface area contributed by atoms with Crippen LogP contribution in [-0.4, -0.2) is 17.6 Å². The smallest absolute Gasteiger partial charge is 0.231 e. The van der Waals surface area contributed by atoms with Crippen molar-refractivity contribution in [3.8, 4) is 11.5 Å². The summed E-state index contributed by atoms with van der Waals surface area (Å²) in [5.41, 5.74) is 2.26. The number of benzene rings is 2. The van der Waals surface area contributed by atoms with Crippen molar-refractivity contribution in [2.75, 3.05) is 6.79 Å². The number of furan rings is 1. The fourth-order valence-corrected chi connectivity index (χ4v) is 4.00. The zero-order chi connectivity index (χ0) is 19.8. The molecule has 2 atom stereocenters. The zero-order valence-electron chi connectivity index (χ0n) is 16.3. The number of fused-ring (bicyclic) bond motifs is 1. The largest absolute Gasteiger partial charge is 0.464 e. The first kappa shape index (κ1) is 17.9. The maximum absolute atomic E-state index is 13.4. The first-order chi connectivity index (χ1) is 14.2. The number of ether oxygens (including phenoxy) is 2. The van der Waals surface area contributed by atoms with E-state index in [9.17, 15) is 4.79 Å². The number of hydrogen-bond acceptors (Lipinski definition) is 4. The van der Waals surface area contributed by atoms with E-state index < -0.39 is 0 Å². The van der Waals surface area contributed by atoms with Gasteiger partial charge in [0, 0.05) is 12.5 Å². The fraction of sp³-hybridized carbons (Fsp3) is 0.292. The Kier molecular flexibility index (Phi) is 4.51. The molecular formula is C24H23NO4. The first-order valence-corrected chi connectivity index (χ1v) is 9.95. The van der Waals surface area contributed by atoms with Crippen LogP contribution in [0.1, 0.15) is 35.0 Å². The molecule has 2 aliphatic rings. The van der Waals surface area contributed by atoms with E-state index in [1.54, 1.807) is 0 Å². The molecule has 2 aromatic carbocycles. The van der Waals surface area contributed by atoms with Crippen molar-refractivity contribution >= 4 is 5.91 Å². The van der Waals surface area contributed by atoms with Crippen molar-refractivity contribution in [2.45, 2.75) is 32.4 Å². The van der Waals surface area contributed by atoms with Gasteiger partial charge in [-0.05, 0) is 54.7 Å². The molecule has 1 fully saturated rings. The van der Waals surface area contributed by atoms with E-state index in [2.05, 4.69) is 12.1 Å². The van der Waals surface area contributed by atoms with Crippen molar-refractivity contribution in [1.29, 1.82) is 0 Å². The molecule has 1 aliphatic carbocycles. The quantitative estimate of drug-likeness (QED) is 0.616. The monoisotopic (exact) mass is 389 g/mol. The summed E-state index contributed by atoms with van der Waals surface area (Å²) in [6, 6.07) is 20.0. The maximum atomic E-state index is 13.4. The van der Waals surface area contributed by atoms with Crippen LogP contribution in [0, 0.1) is 12.8 Å². The van der Waals surface area contributed by atoms with E-state index in [0.29, 0.717) is 19.0 Å². The second kappa shape index (κ2) is 7.32. The van der Waals surface area contributed by atoms with Gasteiger partial charge in [-0.15, -0.1) is 0 Å². The molecule has 2 heterocycles. The lowest BCUT2D eigenvalue weighted by Gasteiger charge is -2.22. The molecule has 1 amide bonds. The summed E-state index contributed by atoms with van der Waals surface area (Å²) in [5, 5.41) is 0. The number of aryl methyl sites for hydroxylation is 1. The summed E-state index contributed by atoms with van der Waals surface area (Å²) < 4.78 is 16.6. The van der Waals surface area contributed by atoms with Gasteiger partial charge in [0.05, 0.1) is 6.54 Å². The Morgan fingerprint density at radius 2 is 1.83 bits per heavy atom. The molecule has 1 aliphatic heterocycles. The molecular weight excluding hydrogens is 366 g/mol. The third kappa shape index (κ3) is 3.73. The Balaban J connectivity index is 1.36. The van der Waals surface area contributed by atoms with Crippen LogP contribution >= 0.6 is 0 Å². The van der Waals surface area contributed by atoms with Gasteiger partial charge in [-0.1, -0.05) is 36.4 Å². The summed E-state index contributed by atoms with van der Waals surface area (Å²) >= 11 is 0. The molecule has 3 aromatic rings. The Morgan fingerprint density at radius 1 is 1.00 bits per heavy atom. The molecule has 5 nitrogen and oxygen atoms in total. The van der Waals surface area contributed by atoms with Gasteiger partial charge in [0.1, 0.15) is 11.5 Å². The Morgan fingerprint density at radius 3 is 2.62 bits per heavy atom. The molecule has 148 valence electrons. The van der Waals surface area contributed by atoms with Crippen LogP contribution in [0.15, 0.2) is 65.1 Å². The number of carbonyl (C=O) groups excluding carboxylic acids is 1. The number of carbonyl (C=O) groups is 1. The molecule has 5 rings (SSSR count). The van der Waals surface area contributed by atoms with Crippen LogP contribution in [0.25, 0.3) is 0 Å². The summed E-state index contributed by atoms with van der Waals surface area (Å²) in [4.78, 5) is 15.3. The molecule has 5 heteroatoms. The molecule has 0 saturated heterocycles. The summed E-state index contributed by atoms with van der Waals surface area (Å²) in [6.07, 6.45) is 0.900. The molecule has 0 spiro atoms. The van der Waals surface area contributed by atoms with E-state index in [4.69, 9.17) is 13.9 Å². The van der Waals surface area contributed by atoms with Gasteiger partial charge in [-0.3, -0.25) is 4.79 Å². The Labute approximate surface area is 169 Å². The third-order valence-electron chi connectivity index (χ3n) is 5.60. The van der Waals surface area contributed by atoms with Gasteiger partial charge >= 0.3 is 0 Å². The number of hydrogen-bond donors (Lipinski definition) is 0. The van der Waals surface area contributed by atoms with Gasteiger partial charge < -0.3 is 18.8 Å². The molecule has 0 bridgehead atoms. The normalized spacial score (nSPS) is 19.2. The molecule has 1 saturated carbocycles. The number of amides is 1. The second-order valence-electron chi connectivity index (χ2n) is 7.75. The highest BCUT2D eigenvalue weighted by atomic mass is 16.7. The summed E-state index contributed by atoms with van der Waals surface area (Å²) in [5.74, 6) is 3.64. The van der Waals surface area contributed by atoms with Crippen LogP contribution in [-0.2, 0) is 17.9 Å². The van der Waals surface area contributed by atoms with E-state index in [0.717, 1.165) is 35.0 Å². The highest BCUT2D eigenvalue weighted by Crippen LogP contribution is 2.48. The average Bonchev–Trinajstić information content (AvgIpc) is 3.22. The van der Waals surface area contributed by atoms with Crippen LogP contribution in [0.4, 0.5) is 0 Å². The van der Waals surface area contributed by atoms with Crippen LogP contribution < -0.4 is 9.47 Å². The fourth-order valence-electron chi connectivity index (χ4n) is 4.00. The lowest BCUT2D eigenvalue weighted by atomic mass is 10.1. The highest BCUT2D eigenvalue weighted by molar-refractivity contribution is 5.83. The molecule has 0 unspecified atom stereocenters. The lowest BCUT2D eigenvalue weighted by Crippen LogP contribution is -2.31. The van der Waals surface area contributed by atoms with E-state index in [1.807, 2.05) is 60.4 Å². The van der Waals surface area contributed by atoms with Gasteiger partial charge in [0.15, 0.2) is 11.5 Å². The molecule has 29 heavy (non-hydrogen) atoms. The lowest BCUT2D eigenvalue weighted by molar-refractivity contribution is -0.134. The average molecular weight is 389 g/mol.